The zero-order valence-electron chi connectivity index (χ0n) is 13.3. The van der Waals surface area contributed by atoms with Crippen molar-refractivity contribution in [2.45, 2.75) is 71.9 Å². The number of rotatable bonds is 4. The highest BCUT2D eigenvalue weighted by Gasteiger charge is 2.34. The van der Waals surface area contributed by atoms with Crippen molar-refractivity contribution in [1.82, 2.24) is 14.8 Å². The van der Waals surface area contributed by atoms with Gasteiger partial charge in [-0.15, -0.1) is 0 Å². The van der Waals surface area contributed by atoms with Crippen LogP contribution in [0.15, 0.2) is 12.7 Å². The fourth-order valence-corrected chi connectivity index (χ4v) is 3.25. The van der Waals surface area contributed by atoms with Crippen LogP contribution in [0.25, 0.3) is 0 Å². The molecule has 1 fully saturated rings. The minimum atomic E-state index is -0.399. The fraction of sp³-hybridized carbons (Fsp3) is 0.875. The van der Waals surface area contributed by atoms with Crippen molar-refractivity contribution in [3.05, 3.63) is 12.7 Å². The third-order valence-electron chi connectivity index (χ3n) is 4.74. The molecule has 4 nitrogen and oxygen atoms in total. The number of nitrogens with zero attached hydrogens (tertiary/aromatic N) is 3. The van der Waals surface area contributed by atoms with Gasteiger partial charge in [0.15, 0.2) is 0 Å². The molecule has 0 bridgehead atoms. The molecule has 1 heterocycles. The van der Waals surface area contributed by atoms with E-state index in [-0.39, 0.29) is 11.5 Å². The van der Waals surface area contributed by atoms with Gasteiger partial charge in [-0.25, -0.2) is 9.67 Å². The summed E-state index contributed by atoms with van der Waals surface area (Å²) in [5, 5.41) is 15.0. The number of hydrogen-bond acceptors (Lipinski definition) is 3. The highest BCUT2D eigenvalue weighted by Crippen LogP contribution is 2.37. The summed E-state index contributed by atoms with van der Waals surface area (Å²) in [6, 6.07) is 0.0379. The van der Waals surface area contributed by atoms with Crippen molar-refractivity contribution in [3.8, 4) is 0 Å². The lowest BCUT2D eigenvalue weighted by molar-refractivity contribution is 0.000843. The molecule has 0 saturated heterocycles. The monoisotopic (exact) mass is 279 g/mol. The lowest BCUT2D eigenvalue weighted by Gasteiger charge is -2.36. The first kappa shape index (κ1) is 15.5. The van der Waals surface area contributed by atoms with E-state index in [1.807, 2.05) is 4.68 Å². The largest absolute Gasteiger partial charge is 0.390 e. The molecule has 1 N–H and O–H groups in total. The minimum Gasteiger partial charge on any atom is -0.390 e. The van der Waals surface area contributed by atoms with Crippen molar-refractivity contribution in [1.29, 1.82) is 0 Å². The van der Waals surface area contributed by atoms with Crippen LogP contribution >= 0.6 is 0 Å². The third-order valence-corrected chi connectivity index (χ3v) is 4.74. The number of aromatic nitrogens is 3. The molecule has 2 rings (SSSR count). The van der Waals surface area contributed by atoms with Gasteiger partial charge in [-0.2, -0.15) is 5.10 Å². The SMILES string of the molecule is CC1CCC(CC(C(O)C(C)(C)C)n2cncn2)CC1. The first-order valence-electron chi connectivity index (χ1n) is 7.90. The van der Waals surface area contributed by atoms with Gasteiger partial charge in [0.25, 0.3) is 0 Å². The molecule has 0 aromatic carbocycles. The molecule has 2 atom stereocenters. The van der Waals surface area contributed by atoms with Gasteiger partial charge < -0.3 is 5.11 Å². The number of aliphatic hydroxyl groups excluding tert-OH is 1. The molecular formula is C16H29N3O. The van der Waals surface area contributed by atoms with Crippen molar-refractivity contribution in [3.63, 3.8) is 0 Å². The highest BCUT2D eigenvalue weighted by atomic mass is 16.3. The normalized spacial score (nSPS) is 27.2. The molecule has 1 aromatic heterocycles. The maximum Gasteiger partial charge on any atom is 0.137 e. The van der Waals surface area contributed by atoms with E-state index in [0.29, 0.717) is 5.92 Å². The smallest absolute Gasteiger partial charge is 0.137 e. The fourth-order valence-electron chi connectivity index (χ4n) is 3.25. The Balaban J connectivity index is 2.07. The standard InChI is InChI=1S/C16H29N3O/c1-12-5-7-13(8-6-12)9-14(15(20)16(2,3)4)19-11-17-10-18-19/h10-15,20H,5-9H2,1-4H3. The summed E-state index contributed by atoms with van der Waals surface area (Å²) in [6.45, 7) is 8.61. The molecule has 4 heteroatoms. The first-order chi connectivity index (χ1) is 9.38. The molecule has 0 aliphatic heterocycles. The van der Waals surface area contributed by atoms with Crippen LogP contribution in [0.3, 0.4) is 0 Å². The van der Waals surface area contributed by atoms with E-state index in [0.717, 1.165) is 12.3 Å². The summed E-state index contributed by atoms with van der Waals surface area (Å²) >= 11 is 0. The Morgan fingerprint density at radius 3 is 2.40 bits per heavy atom. The second-order valence-corrected chi connectivity index (χ2v) is 7.62. The average Bonchev–Trinajstić information content (AvgIpc) is 2.90. The quantitative estimate of drug-likeness (QED) is 0.918. The summed E-state index contributed by atoms with van der Waals surface area (Å²) in [7, 11) is 0. The van der Waals surface area contributed by atoms with Gasteiger partial charge in [0.05, 0.1) is 12.1 Å². The van der Waals surface area contributed by atoms with Crippen LogP contribution in [-0.4, -0.2) is 26.0 Å². The highest BCUT2D eigenvalue weighted by molar-refractivity contribution is 4.86. The van der Waals surface area contributed by atoms with Crippen molar-refractivity contribution in [2.75, 3.05) is 0 Å². The molecule has 0 spiro atoms. The van der Waals surface area contributed by atoms with Crippen LogP contribution < -0.4 is 0 Å². The molecule has 114 valence electrons. The van der Waals surface area contributed by atoms with E-state index in [2.05, 4.69) is 37.8 Å². The molecule has 0 radical (unpaired) electrons. The van der Waals surface area contributed by atoms with Gasteiger partial charge in [-0.05, 0) is 23.7 Å². The summed E-state index contributed by atoms with van der Waals surface area (Å²) in [5.74, 6) is 1.57. The van der Waals surface area contributed by atoms with Gasteiger partial charge in [0.2, 0.25) is 0 Å². The maximum absolute atomic E-state index is 10.7. The average molecular weight is 279 g/mol. The van der Waals surface area contributed by atoms with E-state index in [1.165, 1.54) is 25.7 Å². The Bertz CT molecular complexity index is 388. The van der Waals surface area contributed by atoms with Gasteiger partial charge in [0.1, 0.15) is 12.7 Å². The van der Waals surface area contributed by atoms with E-state index >= 15 is 0 Å². The lowest BCUT2D eigenvalue weighted by Crippen LogP contribution is -2.37. The third kappa shape index (κ3) is 3.81. The molecule has 1 aliphatic rings. The Morgan fingerprint density at radius 2 is 1.90 bits per heavy atom. The topological polar surface area (TPSA) is 50.9 Å². The van der Waals surface area contributed by atoms with Crippen molar-refractivity contribution in [2.24, 2.45) is 17.3 Å². The molecule has 1 saturated carbocycles. The minimum absolute atomic E-state index is 0.0379. The molecule has 1 aromatic rings. The van der Waals surface area contributed by atoms with Gasteiger partial charge in [-0.1, -0.05) is 53.4 Å². The Kier molecular flexibility index (Phi) is 4.84. The lowest BCUT2D eigenvalue weighted by atomic mass is 9.76. The van der Waals surface area contributed by atoms with Crippen molar-refractivity contribution >= 4 is 0 Å². The second-order valence-electron chi connectivity index (χ2n) is 7.62. The second kappa shape index (κ2) is 6.25. The molecule has 2 unspecified atom stereocenters. The van der Waals surface area contributed by atoms with Crippen LogP contribution in [-0.2, 0) is 0 Å². The van der Waals surface area contributed by atoms with Gasteiger partial charge >= 0.3 is 0 Å². The maximum atomic E-state index is 10.7. The predicted octanol–water partition coefficient (Wildman–Crippen LogP) is 3.44. The Labute approximate surface area is 122 Å². The van der Waals surface area contributed by atoms with E-state index in [4.69, 9.17) is 0 Å². The van der Waals surface area contributed by atoms with Crippen molar-refractivity contribution < 1.29 is 5.11 Å². The predicted molar refractivity (Wildman–Crippen MR) is 80.3 cm³/mol. The van der Waals surface area contributed by atoms with Crippen LogP contribution in [0.5, 0.6) is 0 Å². The summed E-state index contributed by atoms with van der Waals surface area (Å²) in [5.41, 5.74) is -0.140. The van der Waals surface area contributed by atoms with E-state index in [1.54, 1.807) is 12.7 Å². The summed E-state index contributed by atoms with van der Waals surface area (Å²) in [4.78, 5) is 4.05. The van der Waals surface area contributed by atoms with Crippen LogP contribution in [0.2, 0.25) is 0 Å². The van der Waals surface area contributed by atoms with Gasteiger partial charge in [-0.3, -0.25) is 0 Å². The molecule has 0 amide bonds. The summed E-state index contributed by atoms with van der Waals surface area (Å²) in [6.07, 6.45) is 9.11. The van der Waals surface area contributed by atoms with Crippen LogP contribution in [0, 0.1) is 17.3 Å². The summed E-state index contributed by atoms with van der Waals surface area (Å²) < 4.78 is 1.86. The van der Waals surface area contributed by atoms with Crippen LogP contribution in [0.4, 0.5) is 0 Å². The molecule has 20 heavy (non-hydrogen) atoms. The van der Waals surface area contributed by atoms with E-state index in [9.17, 15) is 5.11 Å². The Morgan fingerprint density at radius 1 is 1.25 bits per heavy atom. The van der Waals surface area contributed by atoms with E-state index < -0.39 is 6.10 Å². The number of aliphatic hydroxyl groups is 1. The first-order valence-corrected chi connectivity index (χ1v) is 7.90. The van der Waals surface area contributed by atoms with Crippen LogP contribution in [0.1, 0.15) is 65.8 Å². The molecule has 1 aliphatic carbocycles. The zero-order valence-corrected chi connectivity index (χ0v) is 13.3. The number of hydrogen-bond donors (Lipinski definition) is 1. The zero-order chi connectivity index (χ0) is 14.8. The van der Waals surface area contributed by atoms with Gasteiger partial charge in [0, 0.05) is 0 Å². The molecular weight excluding hydrogens is 250 g/mol. The Hall–Kier alpha value is -0.900.